The number of nitrogens with one attached hydrogen (secondary N) is 2. The van der Waals surface area contributed by atoms with Crippen molar-refractivity contribution in [1.29, 1.82) is 0 Å². The molecule has 0 saturated heterocycles. The molecular formula is C9H19N3O3. The Bertz CT molecular complexity index is 209. The number of carbonyl (C=O) groups excluding carboxylic acids is 1. The van der Waals surface area contributed by atoms with Crippen molar-refractivity contribution in [2.75, 3.05) is 13.1 Å². The van der Waals surface area contributed by atoms with E-state index in [1.54, 1.807) is 0 Å². The van der Waals surface area contributed by atoms with Crippen LogP contribution in [-0.2, 0) is 4.79 Å². The SMILES string of the molecule is CCCC[C@H](NC(=O)NCCN)C(=O)O. The van der Waals surface area contributed by atoms with E-state index in [1.165, 1.54) is 0 Å². The van der Waals surface area contributed by atoms with Crippen LogP contribution in [0.4, 0.5) is 4.79 Å². The third-order valence-corrected chi connectivity index (χ3v) is 1.88. The maximum Gasteiger partial charge on any atom is 0.326 e. The van der Waals surface area contributed by atoms with Gasteiger partial charge in [-0.1, -0.05) is 19.8 Å². The van der Waals surface area contributed by atoms with Crippen LogP contribution in [0.15, 0.2) is 0 Å². The van der Waals surface area contributed by atoms with Gasteiger partial charge in [-0.3, -0.25) is 0 Å². The molecule has 0 spiro atoms. The lowest BCUT2D eigenvalue weighted by molar-refractivity contribution is -0.139. The molecule has 2 amide bonds. The molecule has 0 fully saturated rings. The topological polar surface area (TPSA) is 104 Å². The summed E-state index contributed by atoms with van der Waals surface area (Å²) >= 11 is 0. The van der Waals surface area contributed by atoms with Crippen molar-refractivity contribution < 1.29 is 14.7 Å². The summed E-state index contributed by atoms with van der Waals surface area (Å²) in [5.74, 6) is -1.01. The molecule has 88 valence electrons. The first-order valence-corrected chi connectivity index (χ1v) is 5.09. The van der Waals surface area contributed by atoms with Gasteiger partial charge in [0.25, 0.3) is 0 Å². The summed E-state index contributed by atoms with van der Waals surface area (Å²) in [6, 6.07) is -1.30. The molecule has 0 aliphatic rings. The van der Waals surface area contributed by atoms with Crippen LogP contribution in [0.5, 0.6) is 0 Å². The second-order valence-corrected chi connectivity index (χ2v) is 3.22. The molecule has 6 nitrogen and oxygen atoms in total. The lowest BCUT2D eigenvalue weighted by atomic mass is 10.1. The average Bonchev–Trinajstić information content (AvgIpc) is 2.20. The van der Waals surface area contributed by atoms with Crippen molar-refractivity contribution in [3.63, 3.8) is 0 Å². The maximum absolute atomic E-state index is 11.1. The van der Waals surface area contributed by atoms with Gasteiger partial charge < -0.3 is 21.5 Å². The first kappa shape index (κ1) is 13.7. The van der Waals surface area contributed by atoms with E-state index >= 15 is 0 Å². The van der Waals surface area contributed by atoms with E-state index in [4.69, 9.17) is 10.8 Å². The Balaban J connectivity index is 3.93. The van der Waals surface area contributed by atoms with Crippen molar-refractivity contribution >= 4 is 12.0 Å². The number of urea groups is 1. The molecule has 0 aliphatic carbocycles. The van der Waals surface area contributed by atoms with E-state index in [-0.39, 0.29) is 0 Å². The van der Waals surface area contributed by atoms with Crippen LogP contribution in [-0.4, -0.2) is 36.2 Å². The van der Waals surface area contributed by atoms with Crippen LogP contribution in [0, 0.1) is 0 Å². The van der Waals surface area contributed by atoms with E-state index in [1.807, 2.05) is 6.92 Å². The zero-order valence-electron chi connectivity index (χ0n) is 8.95. The van der Waals surface area contributed by atoms with Gasteiger partial charge >= 0.3 is 12.0 Å². The molecule has 0 saturated carbocycles. The zero-order valence-corrected chi connectivity index (χ0v) is 8.95. The number of carbonyl (C=O) groups is 2. The van der Waals surface area contributed by atoms with E-state index in [0.29, 0.717) is 19.5 Å². The van der Waals surface area contributed by atoms with Gasteiger partial charge in [0.2, 0.25) is 0 Å². The quantitative estimate of drug-likeness (QED) is 0.477. The van der Waals surface area contributed by atoms with E-state index in [0.717, 1.165) is 12.8 Å². The summed E-state index contributed by atoms with van der Waals surface area (Å²) in [4.78, 5) is 21.9. The van der Waals surface area contributed by atoms with Gasteiger partial charge in [-0.05, 0) is 6.42 Å². The van der Waals surface area contributed by atoms with Gasteiger partial charge in [-0.25, -0.2) is 9.59 Å². The second kappa shape index (κ2) is 8.05. The summed E-state index contributed by atoms with van der Waals surface area (Å²) in [6.45, 7) is 2.64. The second-order valence-electron chi connectivity index (χ2n) is 3.22. The Kier molecular flexibility index (Phi) is 7.35. The first-order valence-electron chi connectivity index (χ1n) is 5.09. The Labute approximate surface area is 89.2 Å². The fourth-order valence-electron chi connectivity index (χ4n) is 1.06. The number of hydrogen-bond donors (Lipinski definition) is 4. The van der Waals surface area contributed by atoms with Gasteiger partial charge in [0.05, 0.1) is 0 Å². The lowest BCUT2D eigenvalue weighted by Crippen LogP contribution is -2.47. The Morgan fingerprint density at radius 1 is 1.47 bits per heavy atom. The minimum atomic E-state index is -1.01. The van der Waals surface area contributed by atoms with Crippen molar-refractivity contribution in [2.45, 2.75) is 32.2 Å². The zero-order chi connectivity index (χ0) is 11.7. The Morgan fingerprint density at radius 2 is 2.13 bits per heavy atom. The van der Waals surface area contributed by atoms with Gasteiger partial charge in [-0.15, -0.1) is 0 Å². The summed E-state index contributed by atoms with van der Waals surface area (Å²) in [6.07, 6.45) is 2.12. The third-order valence-electron chi connectivity index (χ3n) is 1.88. The molecule has 6 heteroatoms. The molecule has 0 aromatic rings. The van der Waals surface area contributed by atoms with Crippen LogP contribution in [0.25, 0.3) is 0 Å². The predicted octanol–water partition coefficient (Wildman–Crippen LogP) is -0.112. The summed E-state index contributed by atoms with van der Waals surface area (Å²) in [7, 11) is 0. The third kappa shape index (κ3) is 6.73. The molecule has 15 heavy (non-hydrogen) atoms. The molecule has 5 N–H and O–H groups in total. The van der Waals surface area contributed by atoms with Crippen LogP contribution in [0.2, 0.25) is 0 Å². The summed E-state index contributed by atoms with van der Waals surface area (Å²) < 4.78 is 0. The summed E-state index contributed by atoms with van der Waals surface area (Å²) in [5.41, 5.74) is 5.19. The number of hydrogen-bond acceptors (Lipinski definition) is 3. The number of amides is 2. The minimum Gasteiger partial charge on any atom is -0.480 e. The Morgan fingerprint density at radius 3 is 2.60 bits per heavy atom. The largest absolute Gasteiger partial charge is 0.480 e. The monoisotopic (exact) mass is 217 g/mol. The number of carboxylic acid groups (broad SMARTS) is 1. The van der Waals surface area contributed by atoms with Gasteiger partial charge in [0.1, 0.15) is 6.04 Å². The molecule has 0 aromatic carbocycles. The molecule has 0 rings (SSSR count). The smallest absolute Gasteiger partial charge is 0.326 e. The standard InChI is InChI=1S/C9H19N3O3/c1-2-3-4-7(8(13)14)12-9(15)11-6-5-10/h7H,2-6,10H2,1H3,(H,13,14)(H2,11,12,15)/t7-/m0/s1. The molecule has 0 bridgehead atoms. The highest BCUT2D eigenvalue weighted by molar-refractivity contribution is 5.82. The number of aliphatic carboxylic acids is 1. The lowest BCUT2D eigenvalue weighted by Gasteiger charge is -2.14. The highest BCUT2D eigenvalue weighted by Crippen LogP contribution is 2.00. The van der Waals surface area contributed by atoms with Crippen LogP contribution in [0.3, 0.4) is 0 Å². The van der Waals surface area contributed by atoms with Gasteiger partial charge in [0.15, 0.2) is 0 Å². The normalized spacial score (nSPS) is 11.9. The molecule has 0 heterocycles. The molecule has 0 aromatic heterocycles. The predicted molar refractivity (Wildman–Crippen MR) is 56.5 cm³/mol. The van der Waals surface area contributed by atoms with Crippen molar-refractivity contribution in [2.24, 2.45) is 5.73 Å². The number of carboxylic acids is 1. The highest BCUT2D eigenvalue weighted by atomic mass is 16.4. The van der Waals surface area contributed by atoms with E-state index < -0.39 is 18.0 Å². The van der Waals surface area contributed by atoms with Crippen molar-refractivity contribution in [3.8, 4) is 0 Å². The number of nitrogens with two attached hydrogens (primary N) is 1. The number of rotatable bonds is 7. The molecule has 0 radical (unpaired) electrons. The van der Waals surface area contributed by atoms with Crippen LogP contribution < -0.4 is 16.4 Å². The minimum absolute atomic E-state index is 0.333. The van der Waals surface area contributed by atoms with E-state index in [2.05, 4.69) is 10.6 Å². The molecular weight excluding hydrogens is 198 g/mol. The van der Waals surface area contributed by atoms with Crippen LogP contribution >= 0.6 is 0 Å². The maximum atomic E-state index is 11.1. The Hall–Kier alpha value is -1.30. The first-order chi connectivity index (χ1) is 7.11. The van der Waals surface area contributed by atoms with E-state index in [9.17, 15) is 9.59 Å². The van der Waals surface area contributed by atoms with Gasteiger partial charge in [-0.2, -0.15) is 0 Å². The van der Waals surface area contributed by atoms with Gasteiger partial charge in [0, 0.05) is 13.1 Å². The highest BCUT2D eigenvalue weighted by Gasteiger charge is 2.18. The molecule has 0 unspecified atom stereocenters. The number of unbranched alkanes of at least 4 members (excludes halogenated alkanes) is 1. The van der Waals surface area contributed by atoms with Crippen LogP contribution in [0.1, 0.15) is 26.2 Å². The average molecular weight is 217 g/mol. The fourth-order valence-corrected chi connectivity index (χ4v) is 1.06. The van der Waals surface area contributed by atoms with Crippen molar-refractivity contribution in [3.05, 3.63) is 0 Å². The summed E-state index contributed by atoms with van der Waals surface area (Å²) in [5, 5.41) is 13.6. The molecule has 0 aliphatic heterocycles. The molecule has 1 atom stereocenters. The fraction of sp³-hybridized carbons (Fsp3) is 0.778. The van der Waals surface area contributed by atoms with Crippen molar-refractivity contribution in [1.82, 2.24) is 10.6 Å².